The van der Waals surface area contributed by atoms with Crippen LogP contribution in [0, 0.1) is 12.3 Å². The largest absolute Gasteiger partial charge is 0.461 e. The lowest BCUT2D eigenvalue weighted by molar-refractivity contribution is -0.137. The van der Waals surface area contributed by atoms with Gasteiger partial charge in [-0.25, -0.2) is 0 Å². The van der Waals surface area contributed by atoms with Crippen LogP contribution in [0.1, 0.15) is 32.7 Å². The Bertz CT molecular complexity index is 566. The number of ketones is 1. The second-order valence-electron chi connectivity index (χ2n) is 5.85. The molecule has 0 spiro atoms. The average molecular weight is 272 g/mol. The van der Waals surface area contributed by atoms with Crippen molar-refractivity contribution < 1.29 is 9.53 Å². The molecule has 2 heterocycles. The first-order chi connectivity index (χ1) is 9.38. The monoisotopic (exact) mass is 272 g/mol. The zero-order valence-corrected chi connectivity index (χ0v) is 12.3. The molecule has 4 nitrogen and oxygen atoms in total. The van der Waals surface area contributed by atoms with Crippen molar-refractivity contribution in [3.63, 3.8) is 0 Å². The van der Waals surface area contributed by atoms with Crippen LogP contribution in [0.3, 0.4) is 0 Å². The third-order valence-corrected chi connectivity index (χ3v) is 2.99. The van der Waals surface area contributed by atoms with Crippen LogP contribution in [0.4, 0.5) is 0 Å². The quantitative estimate of drug-likeness (QED) is 0.857. The van der Waals surface area contributed by atoms with E-state index >= 15 is 0 Å². The Morgan fingerprint density at radius 2 is 1.90 bits per heavy atom. The van der Waals surface area contributed by atoms with Gasteiger partial charge in [-0.1, -0.05) is 20.8 Å². The number of pyridine rings is 1. The Hall–Kier alpha value is -2.10. The number of hydrogen-bond donors (Lipinski definition) is 0. The van der Waals surface area contributed by atoms with Gasteiger partial charge < -0.3 is 9.30 Å². The molecule has 4 heteroatoms. The highest BCUT2D eigenvalue weighted by molar-refractivity contribution is 5.86. The minimum Gasteiger partial charge on any atom is -0.461 e. The van der Waals surface area contributed by atoms with Crippen LogP contribution in [0.25, 0.3) is 0 Å². The molecule has 0 aliphatic heterocycles. The average Bonchev–Trinajstić information content (AvgIpc) is 2.90. The number of rotatable bonds is 4. The minimum absolute atomic E-state index is 0.0225. The highest BCUT2D eigenvalue weighted by Gasteiger charge is 2.32. The topological polar surface area (TPSA) is 44.1 Å². The maximum atomic E-state index is 12.6. The van der Waals surface area contributed by atoms with Crippen LogP contribution in [0.5, 0.6) is 5.75 Å². The van der Waals surface area contributed by atoms with Crippen molar-refractivity contribution in [1.29, 1.82) is 0 Å². The Kier molecular flexibility index (Phi) is 3.93. The second-order valence-corrected chi connectivity index (χ2v) is 5.85. The molecule has 20 heavy (non-hydrogen) atoms. The Morgan fingerprint density at radius 1 is 1.25 bits per heavy atom. The molecular formula is C16H20N2O2. The van der Waals surface area contributed by atoms with Crippen LogP contribution in [-0.4, -0.2) is 15.3 Å². The predicted molar refractivity (Wildman–Crippen MR) is 77.5 cm³/mol. The van der Waals surface area contributed by atoms with Crippen molar-refractivity contribution in [2.45, 2.75) is 33.9 Å². The van der Waals surface area contributed by atoms with E-state index in [2.05, 4.69) is 4.98 Å². The van der Waals surface area contributed by atoms with Gasteiger partial charge in [0.2, 0.25) is 6.23 Å². The van der Waals surface area contributed by atoms with Crippen molar-refractivity contribution in [1.82, 2.24) is 9.55 Å². The number of carbonyl (C=O) groups excluding carboxylic acids is 1. The maximum Gasteiger partial charge on any atom is 0.235 e. The molecule has 2 aromatic rings. The Labute approximate surface area is 119 Å². The van der Waals surface area contributed by atoms with E-state index < -0.39 is 11.6 Å². The van der Waals surface area contributed by atoms with Gasteiger partial charge in [0, 0.05) is 23.5 Å². The molecule has 0 radical (unpaired) electrons. The van der Waals surface area contributed by atoms with Crippen LogP contribution >= 0.6 is 0 Å². The lowest BCUT2D eigenvalue weighted by Gasteiger charge is -2.26. The molecule has 0 bridgehead atoms. The minimum atomic E-state index is -0.672. The molecule has 1 unspecified atom stereocenters. The summed E-state index contributed by atoms with van der Waals surface area (Å²) in [6.07, 6.45) is 4.63. The predicted octanol–water partition coefficient (Wildman–Crippen LogP) is 3.38. The van der Waals surface area contributed by atoms with Crippen molar-refractivity contribution in [3.8, 4) is 5.75 Å². The third-order valence-electron chi connectivity index (χ3n) is 2.99. The van der Waals surface area contributed by atoms with E-state index in [4.69, 9.17) is 4.74 Å². The maximum absolute atomic E-state index is 12.6. The summed E-state index contributed by atoms with van der Waals surface area (Å²) in [4.78, 5) is 16.8. The molecule has 0 saturated heterocycles. The van der Waals surface area contributed by atoms with Crippen LogP contribution < -0.4 is 4.74 Å². The highest BCUT2D eigenvalue weighted by Crippen LogP contribution is 2.26. The van der Waals surface area contributed by atoms with Gasteiger partial charge in [0.25, 0.3) is 0 Å². The number of carbonyl (C=O) groups is 1. The SMILES string of the molecule is Cc1ccc(OC(C(=O)C(C)(C)C)n2cccc2)cn1. The summed E-state index contributed by atoms with van der Waals surface area (Å²) in [6, 6.07) is 7.44. The first-order valence-corrected chi connectivity index (χ1v) is 6.64. The normalized spacial score (nSPS) is 13.0. The van der Waals surface area contributed by atoms with Gasteiger partial charge in [-0.15, -0.1) is 0 Å². The molecule has 0 N–H and O–H groups in total. The van der Waals surface area contributed by atoms with E-state index in [0.29, 0.717) is 5.75 Å². The van der Waals surface area contributed by atoms with Gasteiger partial charge in [-0.2, -0.15) is 0 Å². The summed E-state index contributed by atoms with van der Waals surface area (Å²) in [5, 5.41) is 0. The van der Waals surface area contributed by atoms with Crippen molar-refractivity contribution in [2.75, 3.05) is 0 Å². The molecule has 2 aromatic heterocycles. The third kappa shape index (κ3) is 3.26. The smallest absolute Gasteiger partial charge is 0.235 e. The van der Waals surface area contributed by atoms with Gasteiger partial charge in [-0.3, -0.25) is 9.78 Å². The first-order valence-electron chi connectivity index (χ1n) is 6.64. The second kappa shape index (κ2) is 5.49. The summed E-state index contributed by atoms with van der Waals surface area (Å²) in [6.45, 7) is 7.58. The number of aromatic nitrogens is 2. The number of Topliss-reactive ketones (excluding diaryl/α,β-unsaturated/α-hetero) is 1. The summed E-state index contributed by atoms with van der Waals surface area (Å²) in [7, 11) is 0. The Balaban J connectivity index is 2.28. The summed E-state index contributed by atoms with van der Waals surface area (Å²) < 4.78 is 7.62. The molecule has 0 aromatic carbocycles. The number of ether oxygens (including phenoxy) is 1. The van der Waals surface area contributed by atoms with Crippen LogP contribution in [0.15, 0.2) is 42.9 Å². The molecule has 0 saturated carbocycles. The van der Waals surface area contributed by atoms with Crippen LogP contribution in [-0.2, 0) is 4.79 Å². The van der Waals surface area contributed by atoms with Crippen LogP contribution in [0.2, 0.25) is 0 Å². The van der Waals surface area contributed by atoms with Gasteiger partial charge in [0.15, 0.2) is 5.78 Å². The van der Waals surface area contributed by atoms with Gasteiger partial charge >= 0.3 is 0 Å². The highest BCUT2D eigenvalue weighted by atomic mass is 16.5. The van der Waals surface area contributed by atoms with E-state index in [1.165, 1.54) is 0 Å². The molecule has 2 rings (SSSR count). The zero-order chi connectivity index (χ0) is 14.8. The van der Waals surface area contributed by atoms with E-state index in [1.807, 2.05) is 64.4 Å². The van der Waals surface area contributed by atoms with E-state index in [0.717, 1.165) is 5.69 Å². The number of aryl methyl sites for hydroxylation is 1. The molecule has 1 atom stereocenters. The number of nitrogens with zero attached hydrogens (tertiary/aromatic N) is 2. The van der Waals surface area contributed by atoms with Crippen molar-refractivity contribution >= 4 is 5.78 Å². The fourth-order valence-corrected chi connectivity index (χ4v) is 1.78. The van der Waals surface area contributed by atoms with Gasteiger partial charge in [0.1, 0.15) is 5.75 Å². The van der Waals surface area contributed by atoms with Gasteiger partial charge in [-0.05, 0) is 31.2 Å². The summed E-state index contributed by atoms with van der Waals surface area (Å²) >= 11 is 0. The molecule has 0 fully saturated rings. The fraction of sp³-hybridized carbons (Fsp3) is 0.375. The summed E-state index contributed by atoms with van der Waals surface area (Å²) in [5.74, 6) is 0.612. The molecular weight excluding hydrogens is 252 g/mol. The Morgan fingerprint density at radius 3 is 2.40 bits per heavy atom. The van der Waals surface area contributed by atoms with Crippen molar-refractivity contribution in [2.24, 2.45) is 5.41 Å². The lowest BCUT2D eigenvalue weighted by atomic mass is 9.89. The van der Waals surface area contributed by atoms with E-state index in [9.17, 15) is 4.79 Å². The molecule has 0 amide bonds. The van der Waals surface area contributed by atoms with E-state index in [1.54, 1.807) is 10.8 Å². The standard InChI is InChI=1S/C16H20N2O2/c1-12-7-8-13(11-17-12)20-15(14(19)16(2,3)4)18-9-5-6-10-18/h5-11,15H,1-4H3. The molecule has 106 valence electrons. The summed E-state index contributed by atoms with van der Waals surface area (Å²) in [5.41, 5.74) is 0.435. The van der Waals surface area contributed by atoms with Gasteiger partial charge in [0.05, 0.1) is 6.20 Å². The molecule has 0 aliphatic rings. The molecule has 0 aliphatic carbocycles. The van der Waals surface area contributed by atoms with E-state index in [-0.39, 0.29) is 5.78 Å². The fourth-order valence-electron chi connectivity index (χ4n) is 1.78. The number of hydrogen-bond acceptors (Lipinski definition) is 3. The zero-order valence-electron chi connectivity index (χ0n) is 12.3. The van der Waals surface area contributed by atoms with Crippen molar-refractivity contribution in [3.05, 3.63) is 48.5 Å². The first kappa shape index (κ1) is 14.3. The lowest BCUT2D eigenvalue weighted by Crippen LogP contribution is -2.33.